The van der Waals surface area contributed by atoms with E-state index in [1.165, 1.54) is 0 Å². The average Bonchev–Trinajstić information content (AvgIpc) is 2.60. The molecule has 6 nitrogen and oxygen atoms in total. The van der Waals surface area contributed by atoms with E-state index >= 15 is 0 Å². The van der Waals surface area contributed by atoms with Crippen molar-refractivity contribution in [1.82, 2.24) is 5.32 Å². The summed E-state index contributed by atoms with van der Waals surface area (Å²) in [6, 6.07) is 6.57. The van der Waals surface area contributed by atoms with Gasteiger partial charge in [-0.25, -0.2) is 4.79 Å². The van der Waals surface area contributed by atoms with E-state index < -0.39 is 27.4 Å². The van der Waals surface area contributed by atoms with Gasteiger partial charge in [0.15, 0.2) is 0 Å². The van der Waals surface area contributed by atoms with Crippen molar-refractivity contribution in [2.75, 3.05) is 6.61 Å². The first-order chi connectivity index (χ1) is 13.4. The molecule has 0 aliphatic carbocycles. The SMILES string of the molecule is C=CCC(CC)(CCCCOS(=O)(=O)c1ccc(C)cc1)NC(=O)OC(C)(C)C. The second kappa shape index (κ2) is 10.8. The number of nitrogens with one attached hydrogen (secondary N) is 1. The molecule has 1 N–H and O–H groups in total. The molecule has 1 aromatic carbocycles. The van der Waals surface area contributed by atoms with Crippen molar-refractivity contribution in [2.45, 2.75) is 82.8 Å². The van der Waals surface area contributed by atoms with E-state index in [1.54, 1.807) is 30.3 Å². The van der Waals surface area contributed by atoms with Crippen LogP contribution in [0.15, 0.2) is 41.8 Å². The van der Waals surface area contributed by atoms with Crippen molar-refractivity contribution in [2.24, 2.45) is 0 Å². The van der Waals surface area contributed by atoms with Gasteiger partial charge in [0.25, 0.3) is 10.1 Å². The maximum Gasteiger partial charge on any atom is 0.408 e. The molecule has 0 bridgehead atoms. The molecule has 7 heteroatoms. The summed E-state index contributed by atoms with van der Waals surface area (Å²) in [7, 11) is -3.75. The van der Waals surface area contributed by atoms with Gasteiger partial charge in [-0.2, -0.15) is 8.42 Å². The topological polar surface area (TPSA) is 81.7 Å². The first kappa shape index (κ1) is 25.2. The molecule has 0 saturated heterocycles. The molecule has 0 spiro atoms. The number of benzene rings is 1. The van der Waals surface area contributed by atoms with E-state index in [1.807, 2.05) is 34.6 Å². The van der Waals surface area contributed by atoms with E-state index in [9.17, 15) is 13.2 Å². The van der Waals surface area contributed by atoms with Gasteiger partial charge in [-0.05, 0) is 71.9 Å². The lowest BCUT2D eigenvalue weighted by atomic mass is 9.86. The number of carbonyl (C=O) groups excluding carboxylic acids is 1. The number of amides is 1. The number of aryl methyl sites for hydroxylation is 1. The molecule has 0 radical (unpaired) electrons. The van der Waals surface area contributed by atoms with Crippen LogP contribution in [0.4, 0.5) is 4.79 Å². The van der Waals surface area contributed by atoms with Crippen molar-refractivity contribution >= 4 is 16.2 Å². The van der Waals surface area contributed by atoms with Crippen LogP contribution in [0.1, 0.15) is 65.4 Å². The lowest BCUT2D eigenvalue weighted by molar-refractivity contribution is 0.0443. The number of unbranched alkanes of at least 4 members (excludes halogenated alkanes) is 1. The monoisotopic (exact) mass is 425 g/mol. The van der Waals surface area contributed by atoms with Gasteiger partial charge >= 0.3 is 6.09 Å². The lowest BCUT2D eigenvalue weighted by Crippen LogP contribution is -2.49. The van der Waals surface area contributed by atoms with Crippen molar-refractivity contribution in [1.29, 1.82) is 0 Å². The van der Waals surface area contributed by atoms with Crippen LogP contribution in [0.3, 0.4) is 0 Å². The quantitative estimate of drug-likeness (QED) is 0.302. The summed E-state index contributed by atoms with van der Waals surface area (Å²) in [5, 5.41) is 2.98. The Balaban J connectivity index is 2.59. The summed E-state index contributed by atoms with van der Waals surface area (Å²) >= 11 is 0. The number of hydrogen-bond acceptors (Lipinski definition) is 5. The van der Waals surface area contributed by atoms with Gasteiger partial charge in [0.2, 0.25) is 0 Å². The van der Waals surface area contributed by atoms with Gasteiger partial charge in [0.05, 0.1) is 11.5 Å². The summed E-state index contributed by atoms with van der Waals surface area (Å²) in [5.74, 6) is 0. The minimum absolute atomic E-state index is 0.0938. The molecule has 29 heavy (non-hydrogen) atoms. The maximum absolute atomic E-state index is 12.2. The van der Waals surface area contributed by atoms with Gasteiger partial charge < -0.3 is 10.1 Å². The zero-order valence-electron chi connectivity index (χ0n) is 18.3. The van der Waals surface area contributed by atoms with Crippen molar-refractivity contribution in [3.63, 3.8) is 0 Å². The molecule has 1 aromatic rings. The summed E-state index contributed by atoms with van der Waals surface area (Å²) in [4.78, 5) is 12.4. The molecule has 0 aromatic heterocycles. The minimum Gasteiger partial charge on any atom is -0.444 e. The lowest BCUT2D eigenvalue weighted by Gasteiger charge is -2.34. The summed E-state index contributed by atoms with van der Waals surface area (Å²) in [6.45, 7) is 13.2. The molecule has 1 unspecified atom stereocenters. The van der Waals surface area contributed by atoms with Crippen LogP contribution in [0, 0.1) is 6.92 Å². The van der Waals surface area contributed by atoms with E-state index in [4.69, 9.17) is 8.92 Å². The Morgan fingerprint density at radius 2 is 1.79 bits per heavy atom. The fourth-order valence-electron chi connectivity index (χ4n) is 2.93. The first-order valence-corrected chi connectivity index (χ1v) is 11.4. The molecule has 0 aliphatic heterocycles. The highest BCUT2D eigenvalue weighted by Crippen LogP contribution is 2.25. The number of ether oxygens (including phenoxy) is 1. The smallest absolute Gasteiger partial charge is 0.408 e. The van der Waals surface area contributed by atoms with Crippen LogP contribution in [0.2, 0.25) is 0 Å². The fourth-order valence-corrected chi connectivity index (χ4v) is 3.87. The zero-order valence-corrected chi connectivity index (χ0v) is 19.1. The third-order valence-corrected chi connectivity index (χ3v) is 5.90. The van der Waals surface area contributed by atoms with Gasteiger partial charge in [-0.3, -0.25) is 4.18 Å². The van der Waals surface area contributed by atoms with Crippen molar-refractivity contribution in [3.05, 3.63) is 42.5 Å². The van der Waals surface area contributed by atoms with Crippen LogP contribution >= 0.6 is 0 Å². The van der Waals surface area contributed by atoms with Gasteiger partial charge in [-0.15, -0.1) is 6.58 Å². The Morgan fingerprint density at radius 1 is 1.17 bits per heavy atom. The second-order valence-corrected chi connectivity index (χ2v) is 9.92. The van der Waals surface area contributed by atoms with Gasteiger partial charge in [0, 0.05) is 5.54 Å². The Labute approximate surface area is 175 Å². The molecular weight excluding hydrogens is 390 g/mol. The molecule has 1 atom stereocenters. The Morgan fingerprint density at radius 3 is 2.31 bits per heavy atom. The second-order valence-electron chi connectivity index (χ2n) is 8.30. The molecule has 164 valence electrons. The molecule has 1 amide bonds. The number of rotatable bonds is 11. The Hall–Kier alpha value is -1.86. The fraction of sp³-hybridized carbons (Fsp3) is 0.591. The number of hydrogen-bond donors (Lipinski definition) is 1. The first-order valence-electron chi connectivity index (χ1n) is 10.0. The molecular formula is C22H35NO5S. The average molecular weight is 426 g/mol. The minimum atomic E-state index is -3.75. The summed E-state index contributed by atoms with van der Waals surface area (Å²) < 4.78 is 35.0. The largest absolute Gasteiger partial charge is 0.444 e. The third kappa shape index (κ3) is 9.00. The molecule has 0 heterocycles. The molecule has 0 aliphatic rings. The third-order valence-electron chi connectivity index (χ3n) is 4.58. The normalized spacial score (nSPS) is 14.1. The zero-order chi connectivity index (χ0) is 22.1. The van der Waals surface area contributed by atoms with Gasteiger partial charge in [0.1, 0.15) is 5.60 Å². The van der Waals surface area contributed by atoms with Crippen LogP contribution in [-0.4, -0.2) is 32.3 Å². The predicted molar refractivity (Wildman–Crippen MR) is 115 cm³/mol. The van der Waals surface area contributed by atoms with E-state index in [-0.39, 0.29) is 11.5 Å². The standard InChI is InChI=1S/C22H35NO5S/c1-7-15-22(8-2,23-20(24)28-21(4,5)6)16-9-10-17-27-29(25,26)19-13-11-18(3)12-14-19/h7,11-14H,1,8-10,15-17H2,2-6H3,(H,23,24). The van der Waals surface area contributed by atoms with E-state index in [0.29, 0.717) is 32.1 Å². The van der Waals surface area contributed by atoms with Crippen LogP contribution in [0.25, 0.3) is 0 Å². The molecule has 0 fully saturated rings. The Bertz CT molecular complexity index is 765. The van der Waals surface area contributed by atoms with E-state index in [0.717, 1.165) is 5.56 Å². The van der Waals surface area contributed by atoms with E-state index in [2.05, 4.69) is 11.9 Å². The van der Waals surface area contributed by atoms with Gasteiger partial charge in [-0.1, -0.05) is 30.7 Å². The van der Waals surface area contributed by atoms with Crippen molar-refractivity contribution in [3.8, 4) is 0 Å². The summed E-state index contributed by atoms with van der Waals surface area (Å²) in [5.41, 5.74) is -0.0601. The predicted octanol–water partition coefficient (Wildman–Crippen LogP) is 5.12. The molecule has 0 saturated carbocycles. The number of alkyl carbamates (subject to hydrolysis) is 1. The van der Waals surface area contributed by atoms with Crippen LogP contribution in [0.5, 0.6) is 0 Å². The highest BCUT2D eigenvalue weighted by atomic mass is 32.2. The summed E-state index contributed by atoms with van der Waals surface area (Å²) in [6.07, 6.45) is 4.55. The highest BCUT2D eigenvalue weighted by molar-refractivity contribution is 7.86. The Kier molecular flexibility index (Phi) is 9.36. The van der Waals surface area contributed by atoms with Crippen molar-refractivity contribution < 1.29 is 22.1 Å². The highest BCUT2D eigenvalue weighted by Gasteiger charge is 2.30. The van der Waals surface area contributed by atoms with Crippen LogP contribution < -0.4 is 5.32 Å². The van der Waals surface area contributed by atoms with Crippen LogP contribution in [-0.2, 0) is 19.0 Å². The molecule has 1 rings (SSSR count). The number of carbonyl (C=O) groups is 1. The maximum atomic E-state index is 12.2.